The highest BCUT2D eigenvalue weighted by Crippen LogP contribution is 2.36. The molecule has 0 atom stereocenters. The first-order chi connectivity index (χ1) is 9.97. The standard InChI is InChI=1S/C16H15BrN2OS/c1-8(2)14-18-15(20)13-12(9(3)21-16(13)19-14)10-4-6-11(17)7-5-10/h4-8H,1-3H3,(H,18,19,20). The maximum atomic E-state index is 12.5. The van der Waals surface area contributed by atoms with Crippen molar-refractivity contribution >= 4 is 37.5 Å². The molecule has 3 rings (SSSR count). The molecule has 3 aromatic rings. The lowest BCUT2D eigenvalue weighted by Crippen LogP contribution is -2.12. The molecule has 21 heavy (non-hydrogen) atoms. The quantitative estimate of drug-likeness (QED) is 0.708. The molecule has 0 aliphatic carbocycles. The SMILES string of the molecule is Cc1sc2nc(C(C)C)[nH]c(=O)c2c1-c1ccc(Br)cc1. The van der Waals surface area contributed by atoms with Gasteiger partial charge in [-0.3, -0.25) is 4.79 Å². The van der Waals surface area contributed by atoms with Crippen LogP contribution in [0.25, 0.3) is 21.3 Å². The molecule has 3 nitrogen and oxygen atoms in total. The van der Waals surface area contributed by atoms with E-state index >= 15 is 0 Å². The van der Waals surface area contributed by atoms with Crippen LogP contribution in [0, 0.1) is 6.92 Å². The van der Waals surface area contributed by atoms with Crippen LogP contribution >= 0.6 is 27.3 Å². The van der Waals surface area contributed by atoms with Crippen molar-refractivity contribution in [3.05, 3.63) is 49.8 Å². The molecule has 0 aliphatic rings. The second-order valence-electron chi connectivity index (χ2n) is 5.33. The van der Waals surface area contributed by atoms with E-state index in [1.807, 2.05) is 45.0 Å². The van der Waals surface area contributed by atoms with Gasteiger partial charge >= 0.3 is 0 Å². The van der Waals surface area contributed by atoms with E-state index in [1.165, 1.54) is 0 Å². The van der Waals surface area contributed by atoms with Crippen LogP contribution in [0.4, 0.5) is 0 Å². The minimum Gasteiger partial charge on any atom is -0.310 e. The van der Waals surface area contributed by atoms with Crippen molar-refractivity contribution in [2.45, 2.75) is 26.7 Å². The number of nitrogens with zero attached hydrogens (tertiary/aromatic N) is 1. The fraction of sp³-hybridized carbons (Fsp3) is 0.250. The van der Waals surface area contributed by atoms with Gasteiger partial charge in [0.25, 0.3) is 5.56 Å². The number of thiophene rings is 1. The Morgan fingerprint density at radius 1 is 1.24 bits per heavy atom. The third-order valence-corrected chi connectivity index (χ3v) is 4.96. The summed E-state index contributed by atoms with van der Waals surface area (Å²) >= 11 is 5.02. The Kier molecular flexibility index (Phi) is 3.71. The number of aryl methyl sites for hydroxylation is 1. The fourth-order valence-corrected chi connectivity index (χ4v) is 3.69. The van der Waals surface area contributed by atoms with Gasteiger partial charge in [0.1, 0.15) is 10.7 Å². The molecule has 2 aromatic heterocycles. The van der Waals surface area contributed by atoms with Crippen molar-refractivity contribution < 1.29 is 0 Å². The highest BCUT2D eigenvalue weighted by molar-refractivity contribution is 9.10. The molecule has 0 radical (unpaired) electrons. The smallest absolute Gasteiger partial charge is 0.260 e. The highest BCUT2D eigenvalue weighted by Gasteiger charge is 2.17. The van der Waals surface area contributed by atoms with Crippen LogP contribution < -0.4 is 5.56 Å². The number of aromatic nitrogens is 2. The van der Waals surface area contributed by atoms with Crippen molar-refractivity contribution in [3.8, 4) is 11.1 Å². The summed E-state index contributed by atoms with van der Waals surface area (Å²) < 4.78 is 1.03. The molecule has 1 aromatic carbocycles. The van der Waals surface area contributed by atoms with Gasteiger partial charge in [-0.1, -0.05) is 41.9 Å². The fourth-order valence-electron chi connectivity index (χ4n) is 2.37. The number of hydrogen-bond donors (Lipinski definition) is 1. The van der Waals surface area contributed by atoms with E-state index < -0.39 is 0 Å². The highest BCUT2D eigenvalue weighted by atomic mass is 79.9. The van der Waals surface area contributed by atoms with E-state index in [1.54, 1.807) is 11.3 Å². The number of halogens is 1. The summed E-state index contributed by atoms with van der Waals surface area (Å²) in [4.78, 5) is 21.9. The van der Waals surface area contributed by atoms with E-state index in [4.69, 9.17) is 0 Å². The number of benzene rings is 1. The summed E-state index contributed by atoms with van der Waals surface area (Å²) in [5.74, 6) is 0.955. The molecule has 2 heterocycles. The lowest BCUT2D eigenvalue weighted by Gasteiger charge is -2.05. The van der Waals surface area contributed by atoms with Crippen molar-refractivity contribution in [1.29, 1.82) is 0 Å². The normalized spacial score (nSPS) is 11.5. The van der Waals surface area contributed by atoms with Crippen LogP contribution in [0.5, 0.6) is 0 Å². The van der Waals surface area contributed by atoms with Crippen molar-refractivity contribution in [2.24, 2.45) is 0 Å². The zero-order chi connectivity index (χ0) is 15.1. The van der Waals surface area contributed by atoms with Crippen LogP contribution in [0.1, 0.15) is 30.5 Å². The largest absolute Gasteiger partial charge is 0.310 e. The molecule has 0 amide bonds. The van der Waals surface area contributed by atoms with Crippen LogP contribution in [0.15, 0.2) is 33.5 Å². The Labute approximate surface area is 135 Å². The average molecular weight is 363 g/mol. The van der Waals surface area contributed by atoms with E-state index in [9.17, 15) is 4.79 Å². The van der Waals surface area contributed by atoms with Gasteiger partial charge in [-0.2, -0.15) is 0 Å². The zero-order valence-electron chi connectivity index (χ0n) is 12.0. The van der Waals surface area contributed by atoms with Gasteiger partial charge in [0.15, 0.2) is 0 Å². The predicted octanol–water partition coefficient (Wildman–Crippen LogP) is 4.85. The predicted molar refractivity (Wildman–Crippen MR) is 92.2 cm³/mol. The number of fused-ring (bicyclic) bond motifs is 1. The first-order valence-corrected chi connectivity index (χ1v) is 8.37. The lowest BCUT2D eigenvalue weighted by molar-refractivity contribution is 0.778. The number of hydrogen-bond acceptors (Lipinski definition) is 3. The third-order valence-electron chi connectivity index (χ3n) is 3.44. The molecular weight excluding hydrogens is 348 g/mol. The molecule has 0 saturated carbocycles. The minimum absolute atomic E-state index is 0.0500. The number of aromatic amines is 1. The molecule has 0 fully saturated rings. The van der Waals surface area contributed by atoms with E-state index in [0.29, 0.717) is 5.39 Å². The number of H-pyrrole nitrogens is 1. The van der Waals surface area contributed by atoms with Crippen molar-refractivity contribution in [3.63, 3.8) is 0 Å². The van der Waals surface area contributed by atoms with Crippen LogP contribution in [0.3, 0.4) is 0 Å². The Balaban J connectivity index is 2.31. The van der Waals surface area contributed by atoms with Gasteiger partial charge in [0.05, 0.1) is 5.39 Å². The summed E-state index contributed by atoms with van der Waals surface area (Å²) in [5.41, 5.74) is 1.99. The van der Waals surface area contributed by atoms with Gasteiger partial charge in [0.2, 0.25) is 0 Å². The second-order valence-corrected chi connectivity index (χ2v) is 7.45. The number of rotatable bonds is 2. The van der Waals surface area contributed by atoms with Crippen LogP contribution in [0.2, 0.25) is 0 Å². The summed E-state index contributed by atoms with van der Waals surface area (Å²) in [7, 11) is 0. The van der Waals surface area contributed by atoms with Crippen LogP contribution in [-0.4, -0.2) is 9.97 Å². The Hall–Kier alpha value is -1.46. The average Bonchev–Trinajstić information content (AvgIpc) is 2.76. The zero-order valence-corrected chi connectivity index (χ0v) is 14.4. The second kappa shape index (κ2) is 5.39. The monoisotopic (exact) mass is 362 g/mol. The lowest BCUT2D eigenvalue weighted by atomic mass is 10.0. The summed E-state index contributed by atoms with van der Waals surface area (Å²) in [5, 5.41) is 0.698. The first-order valence-electron chi connectivity index (χ1n) is 6.76. The molecule has 0 bridgehead atoms. The van der Waals surface area contributed by atoms with Gasteiger partial charge < -0.3 is 4.98 Å². The van der Waals surface area contributed by atoms with Gasteiger partial charge in [-0.05, 0) is 24.6 Å². The molecule has 1 N–H and O–H groups in total. The summed E-state index contributed by atoms with van der Waals surface area (Å²) in [6.07, 6.45) is 0. The summed E-state index contributed by atoms with van der Waals surface area (Å²) in [6.45, 7) is 6.10. The molecule has 0 spiro atoms. The van der Waals surface area contributed by atoms with Gasteiger partial charge in [-0.25, -0.2) is 4.98 Å². The Morgan fingerprint density at radius 3 is 2.52 bits per heavy atom. The Bertz CT molecular complexity index is 862. The molecule has 0 aliphatic heterocycles. The molecule has 0 saturated heterocycles. The molecule has 0 unspecified atom stereocenters. The van der Waals surface area contributed by atoms with Crippen molar-refractivity contribution in [1.82, 2.24) is 9.97 Å². The summed E-state index contributed by atoms with van der Waals surface area (Å²) in [6, 6.07) is 8.02. The van der Waals surface area contributed by atoms with Crippen molar-refractivity contribution in [2.75, 3.05) is 0 Å². The van der Waals surface area contributed by atoms with Gasteiger partial charge in [-0.15, -0.1) is 11.3 Å². The Morgan fingerprint density at radius 2 is 1.90 bits per heavy atom. The topological polar surface area (TPSA) is 45.8 Å². The maximum absolute atomic E-state index is 12.5. The van der Waals surface area contributed by atoms with Crippen LogP contribution in [-0.2, 0) is 0 Å². The van der Waals surface area contributed by atoms with E-state index in [-0.39, 0.29) is 11.5 Å². The number of nitrogens with one attached hydrogen (secondary N) is 1. The minimum atomic E-state index is -0.0500. The molecule has 5 heteroatoms. The van der Waals surface area contributed by atoms with Gasteiger partial charge in [0, 0.05) is 20.8 Å². The van der Waals surface area contributed by atoms with E-state index in [2.05, 4.69) is 25.9 Å². The van der Waals surface area contributed by atoms with E-state index in [0.717, 1.165) is 31.1 Å². The third kappa shape index (κ3) is 2.56. The first kappa shape index (κ1) is 14.5. The maximum Gasteiger partial charge on any atom is 0.260 e. The molecular formula is C16H15BrN2OS. The molecule has 108 valence electrons.